The number of aryl methyl sites for hydroxylation is 2. The van der Waals surface area contributed by atoms with Crippen LogP contribution < -0.4 is 0 Å². The van der Waals surface area contributed by atoms with E-state index in [4.69, 9.17) is 0 Å². The van der Waals surface area contributed by atoms with Gasteiger partial charge in [-0.3, -0.25) is 14.4 Å². The Labute approximate surface area is 129 Å². The van der Waals surface area contributed by atoms with Gasteiger partial charge < -0.3 is 0 Å². The quantitative estimate of drug-likeness (QED) is 0.815. The summed E-state index contributed by atoms with van der Waals surface area (Å²) in [7, 11) is 1.94. The fourth-order valence-electron chi connectivity index (χ4n) is 3.04. The monoisotopic (exact) mass is 303 g/mol. The topological polar surface area (TPSA) is 38.1 Å². The highest BCUT2D eigenvalue weighted by atomic mass is 32.1. The number of thiophene rings is 1. The van der Waals surface area contributed by atoms with Gasteiger partial charge in [-0.2, -0.15) is 5.10 Å². The minimum Gasteiger partial charge on any atom is -0.298 e. The van der Waals surface area contributed by atoms with Crippen LogP contribution in [0.15, 0.2) is 23.8 Å². The van der Waals surface area contributed by atoms with E-state index in [0.717, 1.165) is 42.9 Å². The van der Waals surface area contributed by atoms with E-state index >= 15 is 0 Å². The van der Waals surface area contributed by atoms with E-state index in [1.165, 1.54) is 5.56 Å². The van der Waals surface area contributed by atoms with Crippen LogP contribution in [0.2, 0.25) is 0 Å². The zero-order chi connectivity index (χ0) is 14.8. The van der Waals surface area contributed by atoms with Gasteiger partial charge in [-0.1, -0.05) is 0 Å². The minimum absolute atomic E-state index is 0.146. The molecule has 0 amide bonds. The van der Waals surface area contributed by atoms with Gasteiger partial charge in [-0.25, -0.2) is 0 Å². The Balaban J connectivity index is 1.65. The van der Waals surface area contributed by atoms with Crippen LogP contribution >= 0.6 is 11.3 Å². The number of ketones is 1. The number of likely N-dealkylation sites (tertiary alicyclic amines) is 1. The molecule has 0 unspecified atom stereocenters. The van der Waals surface area contributed by atoms with E-state index in [-0.39, 0.29) is 5.92 Å². The predicted octanol–water partition coefficient (Wildman–Crippen LogP) is 2.88. The molecule has 5 heteroatoms. The van der Waals surface area contributed by atoms with Crippen molar-refractivity contribution in [1.82, 2.24) is 14.7 Å². The van der Waals surface area contributed by atoms with Crippen LogP contribution in [0.25, 0.3) is 0 Å². The number of Topliss-reactive ketones (excluding diaryl/α,β-unsaturated/α-hetero) is 1. The molecule has 4 nitrogen and oxygen atoms in total. The Hall–Kier alpha value is -1.46. The van der Waals surface area contributed by atoms with Gasteiger partial charge in [0.05, 0.1) is 11.1 Å². The maximum absolute atomic E-state index is 12.7. The highest BCUT2D eigenvalue weighted by Crippen LogP contribution is 2.26. The summed E-state index contributed by atoms with van der Waals surface area (Å²) < 4.78 is 1.83. The summed E-state index contributed by atoms with van der Waals surface area (Å²) in [5.41, 5.74) is 2.34. The van der Waals surface area contributed by atoms with Crippen LogP contribution in [0.4, 0.5) is 0 Å². The van der Waals surface area contributed by atoms with E-state index in [1.807, 2.05) is 36.3 Å². The number of carbonyl (C=O) groups is 1. The van der Waals surface area contributed by atoms with Crippen molar-refractivity contribution in [2.24, 2.45) is 13.0 Å². The molecule has 0 radical (unpaired) electrons. The molecule has 0 bridgehead atoms. The number of hydrogen-bond donors (Lipinski definition) is 0. The van der Waals surface area contributed by atoms with Crippen LogP contribution in [0.3, 0.4) is 0 Å². The highest BCUT2D eigenvalue weighted by Gasteiger charge is 2.28. The normalized spacial score (nSPS) is 19.8. The molecule has 0 N–H and O–H groups in total. The second-order valence-electron chi connectivity index (χ2n) is 5.89. The van der Waals surface area contributed by atoms with Gasteiger partial charge in [0, 0.05) is 37.8 Å². The molecule has 0 spiro atoms. The van der Waals surface area contributed by atoms with E-state index in [9.17, 15) is 4.79 Å². The molecule has 1 aliphatic heterocycles. The summed E-state index contributed by atoms with van der Waals surface area (Å²) in [6.07, 6.45) is 6.07. The summed E-state index contributed by atoms with van der Waals surface area (Å²) in [5, 5.41) is 6.23. The number of rotatable bonds is 4. The SMILES string of the molecule is Cc1ccsc1C(=O)[C@@H]1CCCN(Cc2cnn(C)c2)C1. The third kappa shape index (κ3) is 3.24. The van der Waals surface area contributed by atoms with Gasteiger partial charge in [-0.05, 0) is 43.3 Å². The summed E-state index contributed by atoms with van der Waals surface area (Å²) in [6, 6.07) is 2.04. The van der Waals surface area contributed by atoms with Crippen molar-refractivity contribution in [2.45, 2.75) is 26.3 Å². The zero-order valence-electron chi connectivity index (χ0n) is 12.6. The lowest BCUT2D eigenvalue weighted by Crippen LogP contribution is -2.38. The average Bonchev–Trinajstić information content (AvgIpc) is 3.07. The molecule has 0 saturated carbocycles. The van der Waals surface area contributed by atoms with E-state index in [1.54, 1.807) is 11.3 Å². The highest BCUT2D eigenvalue weighted by molar-refractivity contribution is 7.12. The number of hydrogen-bond acceptors (Lipinski definition) is 4. The van der Waals surface area contributed by atoms with Gasteiger partial charge in [0.1, 0.15) is 0 Å². The van der Waals surface area contributed by atoms with Crippen LogP contribution in [0.1, 0.15) is 33.6 Å². The maximum Gasteiger partial charge on any atom is 0.177 e. The summed E-state index contributed by atoms with van der Waals surface area (Å²) in [4.78, 5) is 16.0. The fourth-order valence-corrected chi connectivity index (χ4v) is 3.98. The second-order valence-corrected chi connectivity index (χ2v) is 6.81. The van der Waals surface area contributed by atoms with Gasteiger partial charge in [0.25, 0.3) is 0 Å². The van der Waals surface area contributed by atoms with Crippen molar-refractivity contribution < 1.29 is 4.79 Å². The minimum atomic E-state index is 0.146. The number of nitrogens with zero attached hydrogens (tertiary/aromatic N) is 3. The van der Waals surface area contributed by atoms with Crippen molar-refractivity contribution in [2.75, 3.05) is 13.1 Å². The lowest BCUT2D eigenvalue weighted by molar-refractivity contribution is 0.0815. The van der Waals surface area contributed by atoms with Gasteiger partial charge >= 0.3 is 0 Å². The number of carbonyl (C=O) groups excluding carboxylic acids is 1. The molecule has 1 atom stereocenters. The van der Waals surface area contributed by atoms with Crippen molar-refractivity contribution in [3.05, 3.63) is 39.8 Å². The van der Waals surface area contributed by atoms with Crippen LogP contribution in [0.5, 0.6) is 0 Å². The predicted molar refractivity (Wildman–Crippen MR) is 84.6 cm³/mol. The first kappa shape index (κ1) is 14.5. The molecular weight excluding hydrogens is 282 g/mol. The molecular formula is C16H21N3OS. The zero-order valence-corrected chi connectivity index (χ0v) is 13.4. The Kier molecular flexibility index (Phi) is 4.22. The molecule has 0 aromatic carbocycles. The van der Waals surface area contributed by atoms with Crippen LogP contribution in [0, 0.1) is 12.8 Å². The second kappa shape index (κ2) is 6.12. The molecule has 2 aromatic heterocycles. The first-order chi connectivity index (χ1) is 10.1. The lowest BCUT2D eigenvalue weighted by atomic mass is 9.92. The van der Waals surface area contributed by atoms with Crippen molar-refractivity contribution in [3.8, 4) is 0 Å². The number of piperidine rings is 1. The lowest BCUT2D eigenvalue weighted by Gasteiger charge is -2.31. The molecule has 1 saturated heterocycles. The molecule has 3 rings (SSSR count). The molecule has 0 aliphatic carbocycles. The van der Waals surface area contributed by atoms with Gasteiger partial charge in [-0.15, -0.1) is 11.3 Å². The van der Waals surface area contributed by atoms with E-state index < -0.39 is 0 Å². The smallest absolute Gasteiger partial charge is 0.177 e. The first-order valence-electron chi connectivity index (χ1n) is 7.41. The summed E-state index contributed by atoms with van der Waals surface area (Å²) >= 11 is 1.58. The average molecular weight is 303 g/mol. The molecule has 3 heterocycles. The molecule has 1 aliphatic rings. The van der Waals surface area contributed by atoms with Crippen molar-refractivity contribution in [1.29, 1.82) is 0 Å². The Bertz CT molecular complexity index is 631. The summed E-state index contributed by atoms with van der Waals surface area (Å²) in [5.74, 6) is 0.478. The van der Waals surface area contributed by atoms with E-state index in [2.05, 4.69) is 16.2 Å². The van der Waals surface area contributed by atoms with Crippen LogP contribution in [-0.4, -0.2) is 33.6 Å². The van der Waals surface area contributed by atoms with Gasteiger partial charge in [0.2, 0.25) is 0 Å². The Morgan fingerprint density at radius 1 is 1.52 bits per heavy atom. The van der Waals surface area contributed by atoms with E-state index in [0.29, 0.717) is 5.78 Å². The molecule has 21 heavy (non-hydrogen) atoms. The number of aromatic nitrogens is 2. The standard InChI is InChI=1S/C16H21N3OS/c1-12-5-7-21-16(12)15(20)14-4-3-6-19(11-14)10-13-8-17-18(2)9-13/h5,7-9,14H,3-4,6,10-11H2,1-2H3/t14-/m1/s1. The van der Waals surface area contributed by atoms with Crippen LogP contribution in [-0.2, 0) is 13.6 Å². The molecule has 112 valence electrons. The molecule has 2 aromatic rings. The molecule has 1 fully saturated rings. The summed E-state index contributed by atoms with van der Waals surface area (Å²) in [6.45, 7) is 4.86. The largest absolute Gasteiger partial charge is 0.298 e. The maximum atomic E-state index is 12.7. The van der Waals surface area contributed by atoms with Crippen molar-refractivity contribution >= 4 is 17.1 Å². The van der Waals surface area contributed by atoms with Gasteiger partial charge in [0.15, 0.2) is 5.78 Å². The first-order valence-corrected chi connectivity index (χ1v) is 8.29. The Morgan fingerprint density at radius 3 is 3.05 bits per heavy atom. The third-order valence-electron chi connectivity index (χ3n) is 4.13. The Morgan fingerprint density at radius 2 is 2.38 bits per heavy atom. The fraction of sp³-hybridized carbons (Fsp3) is 0.500. The van der Waals surface area contributed by atoms with Crippen molar-refractivity contribution in [3.63, 3.8) is 0 Å². The third-order valence-corrected chi connectivity index (χ3v) is 5.16.